The van der Waals surface area contributed by atoms with Crippen LogP contribution in [0.3, 0.4) is 0 Å². The molecule has 0 aliphatic carbocycles. The standard InChI is InChI=1S/C21H22BrNO4S/c1-13(2)27-11-4-10-23-18(16-5-3-12-28-16)17(20(25)21(23)26)19(24)14-6-8-15(22)9-7-14/h3,5-9,12-13,18,24H,4,10-11H2,1-2H3/t18-/m0/s1. The van der Waals surface area contributed by atoms with Crippen LogP contribution < -0.4 is 0 Å². The Hall–Kier alpha value is -1.96. The highest BCUT2D eigenvalue weighted by Crippen LogP contribution is 2.41. The van der Waals surface area contributed by atoms with Crippen molar-refractivity contribution >= 4 is 44.7 Å². The minimum absolute atomic E-state index is 0.112. The van der Waals surface area contributed by atoms with Crippen LogP contribution in [0.2, 0.25) is 0 Å². The molecule has 1 atom stereocenters. The summed E-state index contributed by atoms with van der Waals surface area (Å²) in [5.74, 6) is -1.38. The number of carbonyl (C=O) groups is 2. The molecule has 2 aromatic rings. The minimum atomic E-state index is -0.649. The lowest BCUT2D eigenvalue weighted by Gasteiger charge is -2.24. The predicted molar refractivity (Wildman–Crippen MR) is 113 cm³/mol. The summed E-state index contributed by atoms with van der Waals surface area (Å²) in [5.41, 5.74) is 0.644. The molecule has 0 unspecified atom stereocenters. The fourth-order valence-electron chi connectivity index (χ4n) is 3.17. The minimum Gasteiger partial charge on any atom is -0.507 e. The number of amides is 1. The van der Waals surface area contributed by atoms with Gasteiger partial charge in [0.2, 0.25) is 0 Å². The SMILES string of the molecule is CC(C)OCCCN1C(=O)C(=O)C(=C(O)c2ccc(Br)cc2)[C@@H]1c1cccs1. The van der Waals surface area contributed by atoms with Gasteiger partial charge < -0.3 is 14.7 Å². The van der Waals surface area contributed by atoms with Crippen LogP contribution in [0.1, 0.15) is 36.8 Å². The molecule has 1 amide bonds. The summed E-state index contributed by atoms with van der Waals surface area (Å²) in [6, 6.07) is 10.2. The van der Waals surface area contributed by atoms with E-state index in [1.54, 1.807) is 29.2 Å². The Balaban J connectivity index is 1.96. The van der Waals surface area contributed by atoms with E-state index in [4.69, 9.17) is 4.74 Å². The van der Waals surface area contributed by atoms with E-state index in [9.17, 15) is 14.7 Å². The normalized spacial score (nSPS) is 19.0. The van der Waals surface area contributed by atoms with Crippen molar-refractivity contribution in [2.45, 2.75) is 32.4 Å². The Kier molecular flexibility index (Phi) is 6.69. The van der Waals surface area contributed by atoms with Gasteiger partial charge in [0, 0.05) is 28.1 Å². The first-order valence-corrected chi connectivity index (χ1v) is 10.8. The topological polar surface area (TPSA) is 66.8 Å². The van der Waals surface area contributed by atoms with Gasteiger partial charge in [-0.15, -0.1) is 11.3 Å². The number of likely N-dealkylation sites (tertiary alicyclic amines) is 1. The van der Waals surface area contributed by atoms with Crippen LogP contribution >= 0.6 is 27.3 Å². The molecular weight excluding hydrogens is 442 g/mol. The van der Waals surface area contributed by atoms with E-state index in [1.807, 2.05) is 31.4 Å². The van der Waals surface area contributed by atoms with E-state index >= 15 is 0 Å². The second-order valence-corrected chi connectivity index (χ2v) is 8.68. The molecule has 1 fully saturated rings. The smallest absolute Gasteiger partial charge is 0.295 e. The predicted octanol–water partition coefficient (Wildman–Crippen LogP) is 4.75. The van der Waals surface area contributed by atoms with E-state index in [0.717, 1.165) is 9.35 Å². The number of ether oxygens (including phenoxy) is 1. The first kappa shape index (κ1) is 20.8. The third kappa shape index (κ3) is 4.37. The zero-order chi connectivity index (χ0) is 20.3. The van der Waals surface area contributed by atoms with Gasteiger partial charge in [0.15, 0.2) is 0 Å². The highest BCUT2D eigenvalue weighted by atomic mass is 79.9. The van der Waals surface area contributed by atoms with Gasteiger partial charge in [0.05, 0.1) is 17.7 Å². The van der Waals surface area contributed by atoms with Crippen LogP contribution in [0, 0.1) is 0 Å². The molecule has 0 saturated carbocycles. The number of hydrogen-bond donors (Lipinski definition) is 1. The van der Waals surface area contributed by atoms with E-state index in [-0.39, 0.29) is 17.4 Å². The van der Waals surface area contributed by atoms with E-state index in [2.05, 4.69) is 15.9 Å². The van der Waals surface area contributed by atoms with Crippen molar-refractivity contribution in [3.8, 4) is 0 Å². The molecule has 148 valence electrons. The Labute approximate surface area is 176 Å². The summed E-state index contributed by atoms with van der Waals surface area (Å²) in [6.07, 6.45) is 0.728. The van der Waals surface area contributed by atoms with Gasteiger partial charge >= 0.3 is 0 Å². The summed E-state index contributed by atoms with van der Waals surface area (Å²) in [7, 11) is 0. The van der Waals surface area contributed by atoms with Gasteiger partial charge in [0.25, 0.3) is 11.7 Å². The first-order valence-electron chi connectivity index (χ1n) is 9.09. The van der Waals surface area contributed by atoms with Crippen LogP contribution in [-0.2, 0) is 14.3 Å². The van der Waals surface area contributed by atoms with Crippen molar-refractivity contribution in [2.75, 3.05) is 13.2 Å². The Morgan fingerprint density at radius 2 is 1.96 bits per heavy atom. The maximum Gasteiger partial charge on any atom is 0.295 e. The quantitative estimate of drug-likeness (QED) is 0.278. The fraction of sp³-hybridized carbons (Fsp3) is 0.333. The van der Waals surface area contributed by atoms with Crippen molar-refractivity contribution in [3.05, 3.63) is 62.3 Å². The largest absolute Gasteiger partial charge is 0.507 e. The number of aliphatic hydroxyl groups is 1. The van der Waals surface area contributed by atoms with Crippen LogP contribution in [0.15, 0.2) is 51.8 Å². The molecule has 1 aliphatic rings. The van der Waals surface area contributed by atoms with Crippen molar-refractivity contribution in [1.82, 2.24) is 4.90 Å². The molecule has 0 radical (unpaired) electrons. The van der Waals surface area contributed by atoms with Crippen molar-refractivity contribution in [3.63, 3.8) is 0 Å². The second-order valence-electron chi connectivity index (χ2n) is 6.79. The summed E-state index contributed by atoms with van der Waals surface area (Å²) in [6.45, 7) is 4.80. The number of carbonyl (C=O) groups excluding carboxylic acids is 2. The van der Waals surface area contributed by atoms with Crippen LogP contribution in [0.4, 0.5) is 0 Å². The average molecular weight is 464 g/mol. The number of Topliss-reactive ketones (excluding diaryl/α,β-unsaturated/α-hetero) is 1. The van der Waals surface area contributed by atoms with Crippen LogP contribution in [-0.4, -0.2) is 41.0 Å². The number of rotatable bonds is 7. The molecule has 1 aliphatic heterocycles. The number of aliphatic hydroxyl groups excluding tert-OH is 1. The highest BCUT2D eigenvalue weighted by Gasteiger charge is 2.46. The van der Waals surface area contributed by atoms with Gasteiger partial charge in [-0.1, -0.05) is 34.1 Å². The molecule has 1 aromatic heterocycles. The molecule has 0 spiro atoms. The molecule has 0 bridgehead atoms. The lowest BCUT2D eigenvalue weighted by molar-refractivity contribution is -0.140. The highest BCUT2D eigenvalue weighted by molar-refractivity contribution is 9.10. The lowest BCUT2D eigenvalue weighted by Crippen LogP contribution is -2.31. The van der Waals surface area contributed by atoms with Gasteiger partial charge in [-0.25, -0.2) is 0 Å². The fourth-order valence-corrected chi connectivity index (χ4v) is 4.28. The van der Waals surface area contributed by atoms with Gasteiger partial charge in [-0.05, 0) is 43.8 Å². The monoisotopic (exact) mass is 463 g/mol. The third-order valence-corrected chi connectivity index (χ3v) is 5.92. The summed E-state index contributed by atoms with van der Waals surface area (Å²) < 4.78 is 6.42. The van der Waals surface area contributed by atoms with Crippen molar-refractivity contribution < 1.29 is 19.4 Å². The van der Waals surface area contributed by atoms with Gasteiger partial charge in [0.1, 0.15) is 5.76 Å². The molecule has 5 nitrogen and oxygen atoms in total. The number of hydrogen-bond acceptors (Lipinski definition) is 5. The molecule has 28 heavy (non-hydrogen) atoms. The van der Waals surface area contributed by atoms with Crippen LogP contribution in [0.25, 0.3) is 5.76 Å². The molecular formula is C21H22BrNO4S. The maximum atomic E-state index is 12.8. The molecule has 1 saturated heterocycles. The maximum absolute atomic E-state index is 12.8. The molecule has 3 rings (SSSR count). The summed E-state index contributed by atoms with van der Waals surface area (Å²) >= 11 is 4.82. The van der Waals surface area contributed by atoms with E-state index in [0.29, 0.717) is 25.1 Å². The van der Waals surface area contributed by atoms with E-state index < -0.39 is 17.7 Å². The van der Waals surface area contributed by atoms with Crippen LogP contribution in [0.5, 0.6) is 0 Å². The molecule has 7 heteroatoms. The second kappa shape index (κ2) is 9.03. The summed E-state index contributed by atoms with van der Waals surface area (Å²) in [5, 5.41) is 12.8. The zero-order valence-corrected chi connectivity index (χ0v) is 18.1. The number of nitrogens with zero attached hydrogens (tertiary/aromatic N) is 1. The molecule has 1 aromatic carbocycles. The third-order valence-electron chi connectivity index (χ3n) is 4.46. The number of benzene rings is 1. The van der Waals surface area contributed by atoms with Crippen molar-refractivity contribution in [1.29, 1.82) is 0 Å². The Morgan fingerprint density at radius 3 is 2.57 bits per heavy atom. The first-order chi connectivity index (χ1) is 13.4. The van der Waals surface area contributed by atoms with E-state index in [1.165, 1.54) is 11.3 Å². The molecule has 2 heterocycles. The van der Waals surface area contributed by atoms with Gasteiger partial charge in [-0.3, -0.25) is 9.59 Å². The lowest BCUT2D eigenvalue weighted by atomic mass is 10.00. The zero-order valence-electron chi connectivity index (χ0n) is 15.7. The summed E-state index contributed by atoms with van der Waals surface area (Å²) in [4.78, 5) is 27.9. The molecule has 1 N–H and O–H groups in total. The number of thiophene rings is 1. The average Bonchev–Trinajstić information content (AvgIpc) is 3.27. The Bertz CT molecular complexity index is 874. The number of halogens is 1. The van der Waals surface area contributed by atoms with Gasteiger partial charge in [-0.2, -0.15) is 0 Å². The number of ketones is 1. The Morgan fingerprint density at radius 1 is 1.25 bits per heavy atom. The van der Waals surface area contributed by atoms with Crippen molar-refractivity contribution in [2.24, 2.45) is 0 Å².